The average molecular weight is 229 g/mol. The Morgan fingerprint density at radius 3 is 3.00 bits per heavy atom. The number of nitrogens with zero attached hydrogens (tertiary/aromatic N) is 1. The van der Waals surface area contributed by atoms with Crippen molar-refractivity contribution in [2.45, 2.75) is 45.3 Å². The van der Waals surface area contributed by atoms with Gasteiger partial charge in [0, 0.05) is 19.0 Å². The van der Waals surface area contributed by atoms with Gasteiger partial charge < -0.3 is 4.74 Å². The summed E-state index contributed by atoms with van der Waals surface area (Å²) in [7, 11) is 0. The van der Waals surface area contributed by atoms with E-state index in [1.54, 1.807) is 0 Å². The van der Waals surface area contributed by atoms with Crippen LogP contribution in [-0.4, -0.2) is 42.6 Å². The highest BCUT2D eigenvalue weighted by molar-refractivity contribution is 5.75. The molecule has 5 nitrogen and oxygen atoms in total. The lowest BCUT2D eigenvalue weighted by molar-refractivity contribution is -0.121. The summed E-state index contributed by atoms with van der Waals surface area (Å²) in [4.78, 5) is 13.4. The summed E-state index contributed by atoms with van der Waals surface area (Å²) in [5.74, 6) is 4.95. The molecule has 5 heteroatoms. The zero-order valence-electron chi connectivity index (χ0n) is 10.2. The Kier molecular flexibility index (Phi) is 5.73. The second-order valence-corrected chi connectivity index (χ2v) is 4.37. The zero-order valence-corrected chi connectivity index (χ0v) is 10.2. The van der Waals surface area contributed by atoms with Crippen molar-refractivity contribution in [1.29, 1.82) is 0 Å². The SMILES string of the molecule is CCC1COC(C)CN1CCCC(=O)NN. The summed E-state index contributed by atoms with van der Waals surface area (Å²) in [6, 6.07) is 0.497. The van der Waals surface area contributed by atoms with Gasteiger partial charge in [-0.15, -0.1) is 0 Å². The van der Waals surface area contributed by atoms with E-state index in [0.717, 1.165) is 32.5 Å². The van der Waals surface area contributed by atoms with Crippen LogP contribution in [0.2, 0.25) is 0 Å². The minimum absolute atomic E-state index is 0.0886. The summed E-state index contributed by atoms with van der Waals surface area (Å²) < 4.78 is 5.62. The Bertz CT molecular complexity index is 223. The molecule has 1 saturated heterocycles. The smallest absolute Gasteiger partial charge is 0.233 e. The largest absolute Gasteiger partial charge is 0.376 e. The molecule has 1 amide bonds. The van der Waals surface area contributed by atoms with Crippen LogP contribution in [0.1, 0.15) is 33.1 Å². The summed E-state index contributed by atoms with van der Waals surface area (Å²) >= 11 is 0. The van der Waals surface area contributed by atoms with Gasteiger partial charge in [-0.25, -0.2) is 5.84 Å². The van der Waals surface area contributed by atoms with Crippen molar-refractivity contribution >= 4 is 5.91 Å². The van der Waals surface area contributed by atoms with Gasteiger partial charge >= 0.3 is 0 Å². The Hall–Kier alpha value is -0.650. The number of hydrogen-bond donors (Lipinski definition) is 2. The third-order valence-corrected chi connectivity index (χ3v) is 3.06. The van der Waals surface area contributed by atoms with Gasteiger partial charge in [0.05, 0.1) is 12.7 Å². The van der Waals surface area contributed by atoms with E-state index in [-0.39, 0.29) is 5.91 Å². The maximum absolute atomic E-state index is 11.0. The number of nitrogens with two attached hydrogens (primary N) is 1. The molecular formula is C11H23N3O2. The summed E-state index contributed by atoms with van der Waals surface area (Å²) in [6.45, 7) is 6.97. The van der Waals surface area contributed by atoms with Crippen LogP contribution in [0.25, 0.3) is 0 Å². The first-order chi connectivity index (χ1) is 7.67. The topological polar surface area (TPSA) is 67.6 Å². The maximum atomic E-state index is 11.0. The van der Waals surface area contributed by atoms with Crippen LogP contribution in [0.4, 0.5) is 0 Å². The molecule has 0 saturated carbocycles. The quantitative estimate of drug-likeness (QED) is 0.403. The average Bonchev–Trinajstić information content (AvgIpc) is 2.29. The Balaban J connectivity index is 2.29. The molecule has 1 rings (SSSR count). The van der Waals surface area contributed by atoms with E-state index in [1.165, 1.54) is 0 Å². The van der Waals surface area contributed by atoms with E-state index in [1.807, 2.05) is 0 Å². The molecule has 3 N–H and O–H groups in total. The zero-order chi connectivity index (χ0) is 12.0. The molecule has 16 heavy (non-hydrogen) atoms. The third kappa shape index (κ3) is 4.08. The van der Waals surface area contributed by atoms with E-state index < -0.39 is 0 Å². The molecule has 2 atom stereocenters. The lowest BCUT2D eigenvalue weighted by atomic mass is 10.1. The summed E-state index contributed by atoms with van der Waals surface area (Å²) in [5, 5.41) is 0. The van der Waals surface area contributed by atoms with Crippen molar-refractivity contribution in [3.63, 3.8) is 0 Å². The van der Waals surface area contributed by atoms with Crippen LogP contribution >= 0.6 is 0 Å². The van der Waals surface area contributed by atoms with Crippen LogP contribution in [-0.2, 0) is 9.53 Å². The fourth-order valence-electron chi connectivity index (χ4n) is 2.08. The first kappa shape index (κ1) is 13.4. The highest BCUT2D eigenvalue weighted by Crippen LogP contribution is 2.14. The molecule has 0 radical (unpaired) electrons. The number of carbonyl (C=O) groups is 1. The van der Waals surface area contributed by atoms with Gasteiger partial charge in [0.25, 0.3) is 0 Å². The minimum atomic E-state index is -0.0886. The van der Waals surface area contributed by atoms with Gasteiger partial charge in [0.2, 0.25) is 5.91 Å². The standard InChI is InChI=1S/C11H23N3O2/c1-3-10-8-16-9(2)7-14(10)6-4-5-11(15)13-12/h9-10H,3-8,12H2,1-2H3,(H,13,15). The normalized spacial score (nSPS) is 26.7. The van der Waals surface area contributed by atoms with Gasteiger partial charge in [-0.1, -0.05) is 6.92 Å². The highest BCUT2D eigenvalue weighted by Gasteiger charge is 2.24. The van der Waals surface area contributed by atoms with Crippen LogP contribution < -0.4 is 11.3 Å². The lowest BCUT2D eigenvalue weighted by Gasteiger charge is -2.38. The second-order valence-electron chi connectivity index (χ2n) is 4.37. The second kappa shape index (κ2) is 6.83. The molecule has 94 valence electrons. The van der Waals surface area contributed by atoms with Gasteiger partial charge in [-0.05, 0) is 26.3 Å². The van der Waals surface area contributed by atoms with E-state index in [2.05, 4.69) is 24.2 Å². The van der Waals surface area contributed by atoms with Crippen LogP contribution in [0.15, 0.2) is 0 Å². The molecular weight excluding hydrogens is 206 g/mol. The first-order valence-corrected chi connectivity index (χ1v) is 6.02. The Labute approximate surface area is 97.3 Å². The number of hydrazine groups is 1. The number of amides is 1. The maximum Gasteiger partial charge on any atom is 0.233 e. The van der Waals surface area contributed by atoms with Crippen molar-refractivity contribution in [2.75, 3.05) is 19.7 Å². The minimum Gasteiger partial charge on any atom is -0.376 e. The van der Waals surface area contributed by atoms with Crippen LogP contribution in [0.3, 0.4) is 0 Å². The number of rotatable bonds is 5. The predicted octanol–water partition coefficient (Wildman–Crippen LogP) is 0.256. The van der Waals surface area contributed by atoms with Gasteiger partial charge in [-0.3, -0.25) is 15.1 Å². The molecule has 0 bridgehead atoms. The lowest BCUT2D eigenvalue weighted by Crippen LogP contribution is -2.48. The number of carbonyl (C=O) groups excluding carboxylic acids is 1. The number of ether oxygens (including phenoxy) is 1. The van der Waals surface area contributed by atoms with Crippen LogP contribution in [0, 0.1) is 0 Å². The Morgan fingerprint density at radius 2 is 2.38 bits per heavy atom. The number of hydrogen-bond acceptors (Lipinski definition) is 4. The monoisotopic (exact) mass is 229 g/mol. The van der Waals surface area contributed by atoms with Crippen molar-refractivity contribution in [3.8, 4) is 0 Å². The summed E-state index contributed by atoms with van der Waals surface area (Å²) in [5.41, 5.74) is 2.15. The van der Waals surface area contributed by atoms with E-state index in [9.17, 15) is 4.79 Å². The van der Waals surface area contributed by atoms with E-state index in [0.29, 0.717) is 18.6 Å². The van der Waals surface area contributed by atoms with E-state index in [4.69, 9.17) is 10.6 Å². The third-order valence-electron chi connectivity index (χ3n) is 3.06. The molecule has 1 fully saturated rings. The van der Waals surface area contributed by atoms with Gasteiger partial charge in [0.15, 0.2) is 0 Å². The molecule has 1 aliphatic heterocycles. The molecule has 2 unspecified atom stereocenters. The molecule has 1 aliphatic rings. The fraction of sp³-hybridized carbons (Fsp3) is 0.909. The Morgan fingerprint density at radius 1 is 1.62 bits per heavy atom. The van der Waals surface area contributed by atoms with Crippen molar-refractivity contribution < 1.29 is 9.53 Å². The first-order valence-electron chi connectivity index (χ1n) is 6.02. The number of morpholine rings is 1. The molecule has 0 aromatic rings. The van der Waals surface area contributed by atoms with Crippen molar-refractivity contribution in [3.05, 3.63) is 0 Å². The molecule has 0 aromatic heterocycles. The number of nitrogens with one attached hydrogen (secondary N) is 1. The van der Waals surface area contributed by atoms with Crippen molar-refractivity contribution in [1.82, 2.24) is 10.3 Å². The predicted molar refractivity (Wildman–Crippen MR) is 62.6 cm³/mol. The van der Waals surface area contributed by atoms with Gasteiger partial charge in [0.1, 0.15) is 0 Å². The highest BCUT2D eigenvalue weighted by atomic mass is 16.5. The van der Waals surface area contributed by atoms with Gasteiger partial charge in [-0.2, -0.15) is 0 Å². The summed E-state index contributed by atoms with van der Waals surface area (Å²) in [6.07, 6.45) is 2.74. The molecule has 0 aliphatic carbocycles. The molecule has 0 spiro atoms. The molecule has 0 aromatic carbocycles. The fourth-order valence-corrected chi connectivity index (χ4v) is 2.08. The molecule has 1 heterocycles. The van der Waals surface area contributed by atoms with Crippen LogP contribution in [0.5, 0.6) is 0 Å². The van der Waals surface area contributed by atoms with E-state index >= 15 is 0 Å². The van der Waals surface area contributed by atoms with Crippen molar-refractivity contribution in [2.24, 2.45) is 5.84 Å².